The Labute approximate surface area is 143 Å². The summed E-state index contributed by atoms with van der Waals surface area (Å²) in [6.45, 7) is 0. The second-order valence-electron chi connectivity index (χ2n) is 4.22. The van der Waals surface area contributed by atoms with Crippen LogP contribution in [0, 0.1) is 3.57 Å². The van der Waals surface area contributed by atoms with Crippen LogP contribution < -0.4 is 5.32 Å². The summed E-state index contributed by atoms with van der Waals surface area (Å²) < 4.78 is 3.39. The van der Waals surface area contributed by atoms with Crippen LogP contribution in [0.2, 0.25) is 0 Å². The highest BCUT2D eigenvalue weighted by Gasteiger charge is 2.14. The highest BCUT2D eigenvalue weighted by atomic mass is 127. The van der Waals surface area contributed by atoms with Gasteiger partial charge in [-0.2, -0.15) is 0 Å². The molecule has 2 aromatic rings. The Morgan fingerprint density at radius 1 is 1.21 bits per heavy atom. The molecule has 2 rings (SSSR count). The summed E-state index contributed by atoms with van der Waals surface area (Å²) in [7, 11) is 1.99. The molecule has 2 nitrogen and oxygen atoms in total. The lowest BCUT2D eigenvalue weighted by molar-refractivity contribution is 0.588. The quantitative estimate of drug-likeness (QED) is 0.621. The second-order valence-corrected chi connectivity index (χ2v) is 7.22. The maximum Gasteiger partial charge on any atom is 0.0410 e. The average molecular weight is 496 g/mol. The van der Waals surface area contributed by atoms with Crippen molar-refractivity contribution < 1.29 is 0 Å². The minimum atomic E-state index is 0.278. The topological polar surface area (TPSA) is 24.9 Å². The number of hydrogen-bond acceptors (Lipinski definition) is 2. The van der Waals surface area contributed by atoms with Crippen molar-refractivity contribution in [2.45, 2.75) is 12.5 Å². The van der Waals surface area contributed by atoms with Crippen molar-refractivity contribution in [3.05, 3.63) is 60.3 Å². The van der Waals surface area contributed by atoms with Gasteiger partial charge in [0, 0.05) is 31.0 Å². The van der Waals surface area contributed by atoms with E-state index < -0.39 is 0 Å². The molecule has 19 heavy (non-hydrogen) atoms. The van der Waals surface area contributed by atoms with E-state index in [1.54, 1.807) is 6.20 Å². The molecule has 1 heterocycles. The lowest BCUT2D eigenvalue weighted by Crippen LogP contribution is -2.20. The lowest BCUT2D eigenvalue weighted by atomic mass is 10.0. The third kappa shape index (κ3) is 4.24. The van der Waals surface area contributed by atoms with E-state index in [1.807, 2.05) is 13.2 Å². The number of nitrogens with zero attached hydrogens (tertiary/aromatic N) is 1. The van der Waals surface area contributed by atoms with E-state index in [0.29, 0.717) is 0 Å². The van der Waals surface area contributed by atoms with Crippen molar-refractivity contribution >= 4 is 54.5 Å². The first-order valence-electron chi connectivity index (χ1n) is 5.82. The van der Waals surface area contributed by atoms with Crippen molar-refractivity contribution in [1.82, 2.24) is 10.3 Å². The Balaban J connectivity index is 2.27. The summed E-state index contributed by atoms with van der Waals surface area (Å²) in [5, 5.41) is 3.39. The molecule has 1 unspecified atom stereocenters. The molecule has 0 amide bonds. The Bertz CT molecular complexity index is 575. The standard InChI is InChI=1S/C14H13Br2IN2/c1-18-14(5-9-4-11(16)8-19-7-9)12-6-10(15)2-3-13(12)17/h2-4,6-8,14,18H,5H2,1H3. The van der Waals surface area contributed by atoms with Crippen molar-refractivity contribution in [1.29, 1.82) is 0 Å². The van der Waals surface area contributed by atoms with Crippen molar-refractivity contribution in [3.8, 4) is 0 Å². The van der Waals surface area contributed by atoms with Crippen molar-refractivity contribution in [2.24, 2.45) is 0 Å². The Morgan fingerprint density at radius 2 is 2.00 bits per heavy atom. The summed E-state index contributed by atoms with van der Waals surface area (Å²) in [6, 6.07) is 8.76. The van der Waals surface area contributed by atoms with E-state index in [1.165, 1.54) is 14.7 Å². The fourth-order valence-corrected chi connectivity index (χ4v) is 3.45. The molecule has 5 heteroatoms. The van der Waals surface area contributed by atoms with Gasteiger partial charge in [-0.3, -0.25) is 4.98 Å². The molecule has 0 radical (unpaired) electrons. The number of nitrogens with one attached hydrogen (secondary N) is 1. The molecule has 100 valence electrons. The molecule has 1 atom stereocenters. The van der Waals surface area contributed by atoms with Crippen molar-refractivity contribution in [3.63, 3.8) is 0 Å². The molecule has 1 N–H and O–H groups in total. The van der Waals surface area contributed by atoms with Gasteiger partial charge >= 0.3 is 0 Å². The number of pyridine rings is 1. The Morgan fingerprint density at radius 3 is 2.68 bits per heavy atom. The predicted octanol–water partition coefficient (Wildman–Crippen LogP) is 4.71. The first-order chi connectivity index (χ1) is 9.10. The smallest absolute Gasteiger partial charge is 0.0410 e. The lowest BCUT2D eigenvalue weighted by Gasteiger charge is -2.18. The zero-order valence-corrected chi connectivity index (χ0v) is 15.7. The molecule has 0 saturated heterocycles. The number of likely N-dealkylation sites (N-methyl/N-ethyl adjacent to an activating group) is 1. The van der Waals surface area contributed by atoms with Gasteiger partial charge in [0.1, 0.15) is 0 Å². The predicted molar refractivity (Wildman–Crippen MR) is 94.3 cm³/mol. The Hall–Kier alpha value is 0.0200. The van der Waals surface area contributed by atoms with Gasteiger partial charge in [0.05, 0.1) is 0 Å². The summed E-state index contributed by atoms with van der Waals surface area (Å²) in [5.74, 6) is 0. The summed E-state index contributed by atoms with van der Waals surface area (Å²) in [5.41, 5.74) is 2.52. The van der Waals surface area contributed by atoms with Crippen LogP contribution in [0.1, 0.15) is 17.2 Å². The summed E-state index contributed by atoms with van der Waals surface area (Å²) in [6.07, 6.45) is 4.64. The zero-order chi connectivity index (χ0) is 13.8. The largest absolute Gasteiger partial charge is 0.313 e. The molecule has 0 aliphatic carbocycles. The maximum atomic E-state index is 4.22. The fraction of sp³-hybridized carbons (Fsp3) is 0.214. The number of halogens is 3. The van der Waals surface area contributed by atoms with Crippen LogP contribution in [0.15, 0.2) is 45.6 Å². The van der Waals surface area contributed by atoms with Gasteiger partial charge in [-0.1, -0.05) is 15.9 Å². The normalized spacial score (nSPS) is 12.4. The van der Waals surface area contributed by atoms with Gasteiger partial charge < -0.3 is 5.32 Å². The zero-order valence-electron chi connectivity index (χ0n) is 10.3. The molecule has 0 bridgehead atoms. The minimum absolute atomic E-state index is 0.278. The number of hydrogen-bond donors (Lipinski definition) is 1. The van der Waals surface area contributed by atoms with Crippen molar-refractivity contribution in [2.75, 3.05) is 7.05 Å². The molecule has 1 aromatic heterocycles. The molecule has 0 fully saturated rings. The van der Waals surface area contributed by atoms with E-state index in [4.69, 9.17) is 0 Å². The van der Waals surface area contributed by atoms with Gasteiger partial charge in [-0.25, -0.2) is 0 Å². The van der Waals surface area contributed by atoms with E-state index in [-0.39, 0.29) is 6.04 Å². The van der Waals surface area contributed by atoms with E-state index >= 15 is 0 Å². The van der Waals surface area contributed by atoms with E-state index in [0.717, 1.165) is 15.4 Å². The molecular formula is C14H13Br2IN2. The highest BCUT2D eigenvalue weighted by Crippen LogP contribution is 2.26. The number of aromatic nitrogens is 1. The van der Waals surface area contributed by atoms with Crippen LogP contribution in [0.3, 0.4) is 0 Å². The molecule has 0 aliphatic rings. The molecular weight excluding hydrogens is 483 g/mol. The third-order valence-electron chi connectivity index (χ3n) is 2.88. The van der Waals surface area contributed by atoms with Gasteiger partial charge in [0.2, 0.25) is 0 Å². The molecule has 1 aromatic carbocycles. The van der Waals surface area contributed by atoms with E-state index in [2.05, 4.69) is 89.0 Å². The SMILES string of the molecule is CNC(Cc1cncc(Br)c1)c1cc(Br)ccc1I. The molecule has 0 aliphatic heterocycles. The van der Waals surface area contributed by atoms with Crippen LogP contribution >= 0.6 is 54.5 Å². The summed E-state index contributed by atoms with van der Waals surface area (Å²) in [4.78, 5) is 4.22. The Kier molecular flexibility index (Phi) is 5.80. The minimum Gasteiger partial charge on any atom is -0.313 e. The van der Waals surface area contributed by atoms with Crippen LogP contribution in [0.25, 0.3) is 0 Å². The third-order valence-corrected chi connectivity index (χ3v) is 4.79. The van der Waals surface area contributed by atoms with Crippen LogP contribution in [-0.2, 0) is 6.42 Å². The molecule has 0 saturated carbocycles. The first-order valence-corrected chi connectivity index (χ1v) is 8.48. The monoisotopic (exact) mass is 494 g/mol. The number of rotatable bonds is 4. The van der Waals surface area contributed by atoms with Gasteiger partial charge in [0.25, 0.3) is 0 Å². The van der Waals surface area contributed by atoms with E-state index in [9.17, 15) is 0 Å². The van der Waals surface area contributed by atoms with Gasteiger partial charge in [0.15, 0.2) is 0 Å². The van der Waals surface area contributed by atoms with Gasteiger partial charge in [-0.05, 0) is 87.4 Å². The maximum absolute atomic E-state index is 4.22. The van der Waals surface area contributed by atoms with Crippen LogP contribution in [0.5, 0.6) is 0 Å². The highest BCUT2D eigenvalue weighted by molar-refractivity contribution is 14.1. The number of benzene rings is 1. The second kappa shape index (κ2) is 7.15. The average Bonchev–Trinajstić information content (AvgIpc) is 2.39. The fourth-order valence-electron chi connectivity index (χ4n) is 1.95. The molecule has 0 spiro atoms. The van der Waals surface area contributed by atoms with Crippen LogP contribution in [0.4, 0.5) is 0 Å². The van der Waals surface area contributed by atoms with Gasteiger partial charge in [-0.15, -0.1) is 0 Å². The van der Waals surface area contributed by atoms with Crippen LogP contribution in [-0.4, -0.2) is 12.0 Å². The summed E-state index contributed by atoms with van der Waals surface area (Å²) >= 11 is 9.38. The first kappa shape index (κ1) is 15.4.